The second-order valence-electron chi connectivity index (χ2n) is 8.47. The van der Waals surface area contributed by atoms with Crippen molar-refractivity contribution in [1.82, 2.24) is 24.9 Å². The Morgan fingerprint density at radius 2 is 1.81 bits per heavy atom. The van der Waals surface area contributed by atoms with Crippen molar-refractivity contribution in [2.75, 3.05) is 45.8 Å². The zero-order valence-electron chi connectivity index (χ0n) is 18.1. The number of nitrogens with zero attached hydrogens (tertiary/aromatic N) is 4. The van der Waals surface area contributed by atoms with Crippen LogP contribution in [0.25, 0.3) is 11.3 Å². The quantitative estimate of drug-likeness (QED) is 0.741. The number of hydrogen-bond donors (Lipinski definition) is 1. The number of likely N-dealkylation sites (tertiary alicyclic amines) is 1. The summed E-state index contributed by atoms with van der Waals surface area (Å²) < 4.78 is 14.9. The van der Waals surface area contributed by atoms with Crippen molar-refractivity contribution in [2.24, 2.45) is 0 Å². The fraction of sp³-hybridized carbons (Fsp3) is 0.500. The summed E-state index contributed by atoms with van der Waals surface area (Å²) >= 11 is 0. The zero-order valence-corrected chi connectivity index (χ0v) is 18.1. The van der Waals surface area contributed by atoms with Crippen LogP contribution in [0.2, 0.25) is 0 Å². The minimum atomic E-state index is -0.253. The molecule has 0 saturated carbocycles. The van der Waals surface area contributed by atoms with Gasteiger partial charge in [-0.15, -0.1) is 0 Å². The van der Waals surface area contributed by atoms with E-state index in [4.69, 9.17) is 0 Å². The maximum Gasteiger partial charge on any atom is 0.234 e. The van der Waals surface area contributed by atoms with Crippen LogP contribution in [0.15, 0.2) is 42.7 Å². The summed E-state index contributed by atoms with van der Waals surface area (Å²) in [6.07, 6.45) is 12.1. The van der Waals surface area contributed by atoms with E-state index in [0.717, 1.165) is 56.9 Å². The lowest BCUT2D eigenvalue weighted by molar-refractivity contribution is -0.122. The van der Waals surface area contributed by atoms with Crippen molar-refractivity contribution in [3.8, 4) is 5.69 Å². The second kappa shape index (κ2) is 10.7. The molecular weight excluding hydrogens is 393 g/mol. The first-order valence-electron chi connectivity index (χ1n) is 11.4. The highest BCUT2D eigenvalue weighted by atomic mass is 19.1. The number of aromatic nitrogens is 2. The Labute approximate surface area is 183 Å². The maximum atomic E-state index is 13.1. The molecule has 0 unspecified atom stereocenters. The summed E-state index contributed by atoms with van der Waals surface area (Å²) in [7, 11) is 0. The number of nitrogens with one attached hydrogen (secondary N) is 1. The van der Waals surface area contributed by atoms with Crippen molar-refractivity contribution >= 4 is 11.5 Å². The lowest BCUT2D eigenvalue weighted by atomic mass is 10.0. The minimum absolute atomic E-state index is 0.107. The molecule has 2 aromatic rings. The van der Waals surface area contributed by atoms with E-state index < -0.39 is 0 Å². The number of benzene rings is 1. The zero-order chi connectivity index (χ0) is 21.5. The molecule has 1 amide bonds. The third-order valence-electron chi connectivity index (χ3n) is 6.15. The van der Waals surface area contributed by atoms with Gasteiger partial charge in [-0.2, -0.15) is 5.10 Å². The number of carbonyl (C=O) groups is 1. The first-order chi connectivity index (χ1) is 15.2. The molecule has 0 radical (unpaired) electrons. The van der Waals surface area contributed by atoms with Crippen molar-refractivity contribution in [1.29, 1.82) is 0 Å². The summed E-state index contributed by atoms with van der Waals surface area (Å²) in [6.45, 7) is 6.06. The highest BCUT2D eigenvalue weighted by molar-refractivity contribution is 5.78. The predicted molar refractivity (Wildman–Crippen MR) is 120 cm³/mol. The van der Waals surface area contributed by atoms with Crippen LogP contribution in [0.4, 0.5) is 4.39 Å². The Bertz CT molecular complexity index is 884. The van der Waals surface area contributed by atoms with Crippen LogP contribution in [0, 0.1) is 5.82 Å². The van der Waals surface area contributed by atoms with Gasteiger partial charge in [-0.25, -0.2) is 9.07 Å². The summed E-state index contributed by atoms with van der Waals surface area (Å²) in [5, 5.41) is 7.49. The Kier molecular flexibility index (Phi) is 7.48. The molecule has 1 aromatic carbocycles. The van der Waals surface area contributed by atoms with E-state index in [2.05, 4.69) is 26.3 Å². The molecule has 1 saturated heterocycles. The standard InChI is InChI=1S/C24H32FN5O/c25-22-5-7-23(8-6-22)30-18-21(17-27-30)20-9-14-29(15-10-20)19-24(31)26-11-16-28-12-3-1-2-4-13-28/h5-9,17-18H,1-4,10-16,19H2,(H,26,31). The third-order valence-corrected chi connectivity index (χ3v) is 6.15. The van der Waals surface area contributed by atoms with Crippen molar-refractivity contribution in [3.63, 3.8) is 0 Å². The van der Waals surface area contributed by atoms with Gasteiger partial charge in [-0.05, 0) is 62.2 Å². The van der Waals surface area contributed by atoms with Crippen LogP contribution >= 0.6 is 0 Å². The van der Waals surface area contributed by atoms with Gasteiger partial charge in [0, 0.05) is 37.9 Å². The average molecular weight is 426 g/mol. The molecule has 0 spiro atoms. The van der Waals surface area contributed by atoms with Crippen LogP contribution in [0.5, 0.6) is 0 Å². The van der Waals surface area contributed by atoms with Gasteiger partial charge in [0.1, 0.15) is 5.82 Å². The van der Waals surface area contributed by atoms with E-state index in [-0.39, 0.29) is 11.7 Å². The van der Waals surface area contributed by atoms with Gasteiger partial charge in [0.25, 0.3) is 0 Å². The Morgan fingerprint density at radius 3 is 2.52 bits per heavy atom. The average Bonchev–Trinajstić information content (AvgIpc) is 3.12. The van der Waals surface area contributed by atoms with Crippen molar-refractivity contribution < 1.29 is 9.18 Å². The first kappa shape index (κ1) is 21.7. The normalized spacial score (nSPS) is 18.4. The van der Waals surface area contributed by atoms with Gasteiger partial charge < -0.3 is 10.2 Å². The van der Waals surface area contributed by atoms with Gasteiger partial charge in [-0.3, -0.25) is 9.69 Å². The van der Waals surface area contributed by atoms with E-state index in [9.17, 15) is 9.18 Å². The highest BCUT2D eigenvalue weighted by Crippen LogP contribution is 2.23. The molecule has 2 aliphatic rings. The molecule has 0 aliphatic carbocycles. The smallest absolute Gasteiger partial charge is 0.234 e. The molecular formula is C24H32FN5O. The number of rotatable bonds is 7. The van der Waals surface area contributed by atoms with Crippen LogP contribution < -0.4 is 5.32 Å². The van der Waals surface area contributed by atoms with Gasteiger partial charge in [0.2, 0.25) is 5.91 Å². The molecule has 7 heteroatoms. The number of carbonyl (C=O) groups excluding carboxylic acids is 1. The van der Waals surface area contributed by atoms with E-state index in [0.29, 0.717) is 6.54 Å². The molecule has 1 fully saturated rings. The summed E-state index contributed by atoms with van der Waals surface area (Å²) in [5.41, 5.74) is 3.15. The monoisotopic (exact) mass is 425 g/mol. The number of hydrogen-bond acceptors (Lipinski definition) is 4. The van der Waals surface area contributed by atoms with Gasteiger partial charge in [0.15, 0.2) is 0 Å². The molecule has 0 bridgehead atoms. The van der Waals surface area contributed by atoms with Crippen LogP contribution in [0.1, 0.15) is 37.7 Å². The Balaban J connectivity index is 1.22. The minimum Gasteiger partial charge on any atom is -0.354 e. The number of halogens is 1. The summed E-state index contributed by atoms with van der Waals surface area (Å²) in [4.78, 5) is 17.0. The lowest BCUT2D eigenvalue weighted by Gasteiger charge is -2.25. The van der Waals surface area contributed by atoms with Crippen LogP contribution in [0.3, 0.4) is 0 Å². The van der Waals surface area contributed by atoms with E-state index in [1.807, 2.05) is 12.4 Å². The molecule has 6 nitrogen and oxygen atoms in total. The second-order valence-corrected chi connectivity index (χ2v) is 8.47. The van der Waals surface area contributed by atoms with E-state index >= 15 is 0 Å². The van der Waals surface area contributed by atoms with Gasteiger partial charge in [0.05, 0.1) is 18.4 Å². The largest absolute Gasteiger partial charge is 0.354 e. The molecule has 0 atom stereocenters. The fourth-order valence-corrected chi connectivity index (χ4v) is 4.31. The maximum absolute atomic E-state index is 13.1. The van der Waals surface area contributed by atoms with E-state index in [1.54, 1.807) is 16.8 Å². The van der Waals surface area contributed by atoms with Gasteiger partial charge >= 0.3 is 0 Å². The SMILES string of the molecule is O=C(CN1CC=C(c2cnn(-c3ccc(F)cc3)c2)CC1)NCCN1CCCCCC1. The lowest BCUT2D eigenvalue weighted by Crippen LogP contribution is -2.42. The van der Waals surface area contributed by atoms with Gasteiger partial charge in [-0.1, -0.05) is 18.9 Å². The van der Waals surface area contributed by atoms with Crippen molar-refractivity contribution in [3.05, 3.63) is 54.1 Å². The molecule has 1 N–H and O–H groups in total. The van der Waals surface area contributed by atoms with Crippen LogP contribution in [-0.4, -0.2) is 71.3 Å². The highest BCUT2D eigenvalue weighted by Gasteiger charge is 2.17. The fourth-order valence-electron chi connectivity index (χ4n) is 4.31. The summed E-state index contributed by atoms with van der Waals surface area (Å²) in [5.74, 6) is -0.145. The summed E-state index contributed by atoms with van der Waals surface area (Å²) in [6, 6.07) is 6.31. The van der Waals surface area contributed by atoms with Crippen molar-refractivity contribution in [2.45, 2.75) is 32.1 Å². The molecule has 31 heavy (non-hydrogen) atoms. The molecule has 3 heterocycles. The number of amides is 1. The predicted octanol–water partition coefficient (Wildman–Crippen LogP) is 3.09. The molecule has 1 aromatic heterocycles. The molecule has 2 aliphatic heterocycles. The molecule has 166 valence electrons. The van der Waals surface area contributed by atoms with E-state index in [1.165, 1.54) is 43.4 Å². The van der Waals surface area contributed by atoms with Crippen LogP contribution in [-0.2, 0) is 4.79 Å². The first-order valence-corrected chi connectivity index (χ1v) is 11.4. The Hall–Kier alpha value is -2.51. The molecule has 4 rings (SSSR count). The third kappa shape index (κ3) is 6.24. The Morgan fingerprint density at radius 1 is 1.03 bits per heavy atom. The topological polar surface area (TPSA) is 53.4 Å².